The number of rotatable bonds is 3. The first kappa shape index (κ1) is 11.5. The highest BCUT2D eigenvalue weighted by Crippen LogP contribution is 2.05. The molecule has 0 radical (unpaired) electrons. The van der Waals surface area contributed by atoms with Crippen LogP contribution in [0.2, 0.25) is 0 Å². The number of hydrogen-bond donors (Lipinski definition) is 2. The molecule has 0 aliphatic heterocycles. The number of nitrogens with one attached hydrogen (secondary N) is 1. The lowest BCUT2D eigenvalue weighted by molar-refractivity contribution is 0.224. The van der Waals surface area contributed by atoms with E-state index in [9.17, 15) is 4.79 Å². The van der Waals surface area contributed by atoms with Gasteiger partial charge < -0.3 is 10.6 Å². The number of hydrogen-bond acceptors (Lipinski definition) is 3. The van der Waals surface area contributed by atoms with Gasteiger partial charge in [-0.15, -0.1) is 0 Å². The third-order valence-electron chi connectivity index (χ3n) is 2.12. The van der Waals surface area contributed by atoms with E-state index < -0.39 is 0 Å². The molecule has 1 aromatic rings. The number of pyridine rings is 1. The summed E-state index contributed by atoms with van der Waals surface area (Å²) < 4.78 is 0. The molecule has 0 aliphatic carbocycles. The van der Waals surface area contributed by atoms with Crippen LogP contribution < -0.4 is 11.1 Å². The molecule has 0 unspecified atom stereocenters. The van der Waals surface area contributed by atoms with E-state index in [1.807, 2.05) is 13.0 Å². The third kappa shape index (κ3) is 3.21. The normalized spacial score (nSPS) is 9.80. The second-order valence-electron chi connectivity index (χ2n) is 3.20. The Hall–Kier alpha value is -1.62. The third-order valence-corrected chi connectivity index (χ3v) is 2.12. The van der Waals surface area contributed by atoms with Crippen molar-refractivity contribution in [1.29, 1.82) is 0 Å². The summed E-state index contributed by atoms with van der Waals surface area (Å²) in [6.07, 6.45) is 1.65. The molecular weight excluding hydrogens is 192 g/mol. The fourth-order valence-electron chi connectivity index (χ4n) is 0.968. The minimum absolute atomic E-state index is 0.162. The van der Waals surface area contributed by atoms with Gasteiger partial charge in [-0.3, -0.25) is 5.32 Å². The maximum absolute atomic E-state index is 11.4. The summed E-state index contributed by atoms with van der Waals surface area (Å²) in [6.45, 7) is 3.02. The second-order valence-corrected chi connectivity index (χ2v) is 3.20. The number of nitrogens with two attached hydrogens (primary N) is 1. The standard InChI is InChI=1S/C10H16N4O/c1-3-14(2)10(15)13-9-5-4-8(6-11)7-12-9/h4-5,7H,3,6,11H2,1-2H3,(H,12,13,15). The molecule has 5 nitrogen and oxygen atoms in total. The highest BCUT2D eigenvalue weighted by atomic mass is 16.2. The molecule has 1 aromatic heterocycles. The lowest BCUT2D eigenvalue weighted by Crippen LogP contribution is -2.31. The van der Waals surface area contributed by atoms with Crippen LogP contribution in [0.4, 0.5) is 10.6 Å². The van der Waals surface area contributed by atoms with Gasteiger partial charge in [0.05, 0.1) is 0 Å². The Kier molecular flexibility index (Phi) is 4.05. The first-order chi connectivity index (χ1) is 7.17. The molecule has 0 spiro atoms. The first-order valence-electron chi connectivity index (χ1n) is 4.84. The number of carbonyl (C=O) groups is 1. The minimum atomic E-state index is -0.162. The van der Waals surface area contributed by atoms with Crippen LogP contribution in [0.1, 0.15) is 12.5 Å². The van der Waals surface area contributed by atoms with Crippen molar-refractivity contribution in [3.63, 3.8) is 0 Å². The highest BCUT2D eigenvalue weighted by Gasteiger charge is 2.06. The molecule has 0 aromatic carbocycles. The average Bonchev–Trinajstić information content (AvgIpc) is 2.29. The van der Waals surface area contributed by atoms with Crippen molar-refractivity contribution in [2.24, 2.45) is 5.73 Å². The maximum Gasteiger partial charge on any atom is 0.322 e. The van der Waals surface area contributed by atoms with Crippen molar-refractivity contribution in [3.8, 4) is 0 Å². The van der Waals surface area contributed by atoms with Crippen LogP contribution in [-0.4, -0.2) is 29.5 Å². The van der Waals surface area contributed by atoms with Gasteiger partial charge in [0.25, 0.3) is 0 Å². The van der Waals surface area contributed by atoms with E-state index in [0.717, 1.165) is 5.56 Å². The molecule has 0 saturated heterocycles. The molecule has 2 amide bonds. The number of anilines is 1. The summed E-state index contributed by atoms with van der Waals surface area (Å²) in [5, 5.41) is 2.68. The highest BCUT2D eigenvalue weighted by molar-refractivity contribution is 5.87. The van der Waals surface area contributed by atoms with Crippen LogP contribution in [0.3, 0.4) is 0 Å². The number of carbonyl (C=O) groups excluding carboxylic acids is 1. The van der Waals surface area contributed by atoms with E-state index >= 15 is 0 Å². The number of aromatic nitrogens is 1. The molecule has 0 bridgehead atoms. The van der Waals surface area contributed by atoms with Crippen LogP contribution in [-0.2, 0) is 6.54 Å². The molecule has 0 aliphatic rings. The molecule has 5 heteroatoms. The van der Waals surface area contributed by atoms with E-state index in [0.29, 0.717) is 18.9 Å². The second kappa shape index (κ2) is 5.31. The van der Waals surface area contributed by atoms with Gasteiger partial charge in [-0.2, -0.15) is 0 Å². The summed E-state index contributed by atoms with van der Waals surface area (Å²) in [4.78, 5) is 17.1. The van der Waals surface area contributed by atoms with Crippen molar-refractivity contribution >= 4 is 11.8 Å². The first-order valence-corrected chi connectivity index (χ1v) is 4.84. The van der Waals surface area contributed by atoms with Gasteiger partial charge in [-0.1, -0.05) is 6.07 Å². The van der Waals surface area contributed by atoms with Crippen LogP contribution in [0.5, 0.6) is 0 Å². The Morgan fingerprint density at radius 2 is 2.33 bits per heavy atom. The lowest BCUT2D eigenvalue weighted by atomic mass is 10.3. The van der Waals surface area contributed by atoms with Crippen LogP contribution in [0, 0.1) is 0 Å². The molecule has 0 fully saturated rings. The fourth-order valence-corrected chi connectivity index (χ4v) is 0.968. The SMILES string of the molecule is CCN(C)C(=O)Nc1ccc(CN)cn1. The lowest BCUT2D eigenvalue weighted by Gasteiger charge is -2.14. The van der Waals surface area contributed by atoms with E-state index in [-0.39, 0.29) is 6.03 Å². The molecule has 82 valence electrons. The zero-order chi connectivity index (χ0) is 11.3. The van der Waals surface area contributed by atoms with Crippen LogP contribution in [0.15, 0.2) is 18.3 Å². The van der Waals surface area contributed by atoms with Gasteiger partial charge >= 0.3 is 6.03 Å². The number of urea groups is 1. The molecule has 0 atom stereocenters. The van der Waals surface area contributed by atoms with Gasteiger partial charge in [-0.25, -0.2) is 9.78 Å². The molecular formula is C10H16N4O. The Balaban J connectivity index is 2.61. The zero-order valence-electron chi connectivity index (χ0n) is 9.03. The van der Waals surface area contributed by atoms with Gasteiger partial charge in [0.1, 0.15) is 5.82 Å². The molecule has 15 heavy (non-hydrogen) atoms. The van der Waals surface area contributed by atoms with Crippen molar-refractivity contribution in [2.45, 2.75) is 13.5 Å². The Morgan fingerprint density at radius 1 is 1.60 bits per heavy atom. The van der Waals surface area contributed by atoms with E-state index in [1.54, 1.807) is 24.2 Å². The Morgan fingerprint density at radius 3 is 2.80 bits per heavy atom. The van der Waals surface area contributed by atoms with Gasteiger partial charge in [0.15, 0.2) is 0 Å². The Bertz CT molecular complexity index is 323. The molecule has 1 rings (SSSR count). The average molecular weight is 208 g/mol. The van der Waals surface area contributed by atoms with E-state index in [2.05, 4.69) is 10.3 Å². The zero-order valence-corrected chi connectivity index (χ0v) is 9.03. The van der Waals surface area contributed by atoms with Crippen molar-refractivity contribution in [1.82, 2.24) is 9.88 Å². The van der Waals surface area contributed by atoms with Crippen LogP contribution in [0.25, 0.3) is 0 Å². The van der Waals surface area contributed by atoms with Gasteiger partial charge in [-0.05, 0) is 18.6 Å². The van der Waals surface area contributed by atoms with Crippen molar-refractivity contribution in [3.05, 3.63) is 23.9 Å². The van der Waals surface area contributed by atoms with Crippen molar-refractivity contribution in [2.75, 3.05) is 18.9 Å². The molecule has 1 heterocycles. The number of nitrogens with zero attached hydrogens (tertiary/aromatic N) is 2. The topological polar surface area (TPSA) is 71.2 Å². The quantitative estimate of drug-likeness (QED) is 0.779. The monoisotopic (exact) mass is 208 g/mol. The summed E-state index contributed by atoms with van der Waals surface area (Å²) >= 11 is 0. The predicted octanol–water partition coefficient (Wildman–Crippen LogP) is 1.02. The number of amides is 2. The summed E-state index contributed by atoms with van der Waals surface area (Å²) in [7, 11) is 1.73. The molecule has 0 saturated carbocycles. The maximum atomic E-state index is 11.4. The molecule has 3 N–H and O–H groups in total. The summed E-state index contributed by atoms with van der Waals surface area (Å²) in [5.74, 6) is 0.539. The minimum Gasteiger partial charge on any atom is -0.328 e. The van der Waals surface area contributed by atoms with Gasteiger partial charge in [0, 0.05) is 26.3 Å². The summed E-state index contributed by atoms with van der Waals surface area (Å²) in [5.41, 5.74) is 6.38. The van der Waals surface area contributed by atoms with E-state index in [4.69, 9.17) is 5.73 Å². The van der Waals surface area contributed by atoms with Gasteiger partial charge in [0.2, 0.25) is 0 Å². The van der Waals surface area contributed by atoms with Crippen LogP contribution >= 0.6 is 0 Å². The predicted molar refractivity (Wildman–Crippen MR) is 59.5 cm³/mol. The fraction of sp³-hybridized carbons (Fsp3) is 0.400. The van der Waals surface area contributed by atoms with Crippen molar-refractivity contribution < 1.29 is 4.79 Å². The summed E-state index contributed by atoms with van der Waals surface area (Å²) in [6, 6.07) is 3.42. The Labute approximate surface area is 89.3 Å². The van der Waals surface area contributed by atoms with E-state index in [1.165, 1.54) is 0 Å². The smallest absolute Gasteiger partial charge is 0.322 e. The largest absolute Gasteiger partial charge is 0.328 e.